The van der Waals surface area contributed by atoms with Gasteiger partial charge in [-0.05, 0) is 41.0 Å². The highest BCUT2D eigenvalue weighted by molar-refractivity contribution is 6.00. The van der Waals surface area contributed by atoms with Crippen LogP contribution < -0.4 is 5.32 Å². The number of halogens is 5. The first-order valence-electron chi connectivity index (χ1n) is 8.48. The van der Waals surface area contributed by atoms with E-state index in [0.29, 0.717) is 22.3 Å². The molecule has 2 heterocycles. The van der Waals surface area contributed by atoms with E-state index in [1.807, 2.05) is 0 Å². The minimum Gasteiger partial charge on any atom is -0.378 e. The monoisotopic (exact) mass is 398 g/mol. The topological polar surface area (TPSA) is 52.6 Å². The molecule has 1 saturated heterocycles. The Hall–Kier alpha value is -2.52. The average molecular weight is 398 g/mol. The predicted octanol–water partition coefficient (Wildman–Crippen LogP) is 2.98. The third-order valence-electron chi connectivity index (χ3n) is 5.15. The van der Waals surface area contributed by atoms with E-state index in [4.69, 9.17) is 0 Å². The molecule has 0 unspecified atom stereocenters. The summed E-state index contributed by atoms with van der Waals surface area (Å²) in [5, 5.41) is 12.2. The van der Waals surface area contributed by atoms with Gasteiger partial charge in [0.05, 0.1) is 0 Å². The van der Waals surface area contributed by atoms with Gasteiger partial charge in [-0.15, -0.1) is 0 Å². The molecule has 4 nitrogen and oxygen atoms in total. The van der Waals surface area contributed by atoms with Gasteiger partial charge < -0.3 is 10.4 Å². The van der Waals surface area contributed by atoms with Crippen LogP contribution in [0.25, 0.3) is 11.1 Å². The maximum absolute atomic E-state index is 14.2. The lowest BCUT2D eigenvalue weighted by Crippen LogP contribution is -2.68. The highest BCUT2D eigenvalue weighted by atomic mass is 19.4. The number of nitrogens with one attached hydrogen (secondary N) is 1. The maximum Gasteiger partial charge on any atom is 0.419 e. The van der Waals surface area contributed by atoms with Crippen molar-refractivity contribution in [1.29, 1.82) is 0 Å². The van der Waals surface area contributed by atoms with Gasteiger partial charge in [0.2, 0.25) is 0 Å². The standard InChI is InChI=1S/C19H15F5N2O2/c20-12-1-2-13(16(21)5-12)10-3-11(15-6-25-17(27)14(15)4-10)7-26-8-18(28,9-26)19(22,23)24/h1-5,28H,6-9H2,(H,25,27). The zero-order chi connectivity index (χ0) is 20.3. The Kier molecular flexibility index (Phi) is 4.20. The molecule has 2 N–H and O–H groups in total. The lowest BCUT2D eigenvalue weighted by molar-refractivity contribution is -0.302. The second-order valence-electron chi connectivity index (χ2n) is 7.14. The summed E-state index contributed by atoms with van der Waals surface area (Å²) in [5.41, 5.74) is -0.846. The quantitative estimate of drug-likeness (QED) is 0.782. The number of hydrogen-bond acceptors (Lipinski definition) is 3. The molecule has 2 aliphatic rings. The van der Waals surface area contributed by atoms with Crippen molar-refractivity contribution in [3.05, 3.63) is 58.7 Å². The van der Waals surface area contributed by atoms with Crippen LogP contribution in [0.3, 0.4) is 0 Å². The number of benzene rings is 2. The smallest absolute Gasteiger partial charge is 0.378 e. The molecule has 4 rings (SSSR count). The largest absolute Gasteiger partial charge is 0.419 e. The van der Waals surface area contributed by atoms with E-state index in [1.165, 1.54) is 17.0 Å². The van der Waals surface area contributed by atoms with Crippen LogP contribution in [0.5, 0.6) is 0 Å². The highest BCUT2D eigenvalue weighted by Gasteiger charge is 2.60. The average Bonchev–Trinajstić information content (AvgIpc) is 2.94. The van der Waals surface area contributed by atoms with Crippen molar-refractivity contribution in [2.45, 2.75) is 24.9 Å². The molecule has 0 atom stereocenters. The third kappa shape index (κ3) is 3.04. The van der Waals surface area contributed by atoms with Crippen LogP contribution in [0.1, 0.15) is 21.5 Å². The summed E-state index contributed by atoms with van der Waals surface area (Å²) in [4.78, 5) is 13.5. The lowest BCUT2D eigenvalue weighted by Gasteiger charge is -2.47. The molecule has 1 amide bonds. The van der Waals surface area contributed by atoms with Crippen LogP contribution in [-0.4, -0.2) is 40.8 Å². The van der Waals surface area contributed by atoms with Gasteiger partial charge in [0, 0.05) is 43.4 Å². The van der Waals surface area contributed by atoms with Gasteiger partial charge in [-0.25, -0.2) is 8.78 Å². The molecule has 0 spiro atoms. The summed E-state index contributed by atoms with van der Waals surface area (Å²) in [7, 11) is 0. The van der Waals surface area contributed by atoms with Crippen LogP contribution in [0, 0.1) is 11.6 Å². The molecule has 0 aliphatic carbocycles. The lowest BCUT2D eigenvalue weighted by atomic mass is 9.90. The summed E-state index contributed by atoms with van der Waals surface area (Å²) in [5.74, 6) is -1.91. The number of rotatable bonds is 3. The van der Waals surface area contributed by atoms with Gasteiger partial charge in [-0.3, -0.25) is 9.69 Å². The molecular weight excluding hydrogens is 383 g/mol. The maximum atomic E-state index is 14.2. The number of alkyl halides is 3. The Morgan fingerprint density at radius 1 is 1.11 bits per heavy atom. The number of β-amino-alcohol motifs (C(OH)–C–C–N with tert-alkyl or cyclic N) is 1. The molecule has 28 heavy (non-hydrogen) atoms. The summed E-state index contributed by atoms with van der Waals surface area (Å²) < 4.78 is 65.9. The highest BCUT2D eigenvalue weighted by Crippen LogP contribution is 2.39. The number of carbonyl (C=O) groups is 1. The van der Waals surface area contributed by atoms with E-state index in [2.05, 4.69) is 5.32 Å². The molecule has 148 valence electrons. The van der Waals surface area contributed by atoms with Gasteiger partial charge >= 0.3 is 6.18 Å². The first kappa shape index (κ1) is 18.8. The van der Waals surface area contributed by atoms with Crippen molar-refractivity contribution >= 4 is 5.91 Å². The van der Waals surface area contributed by atoms with Crippen LogP contribution in [0.15, 0.2) is 30.3 Å². The summed E-state index contributed by atoms with van der Waals surface area (Å²) in [6.07, 6.45) is -4.72. The predicted molar refractivity (Wildman–Crippen MR) is 89.2 cm³/mol. The van der Waals surface area contributed by atoms with E-state index in [-0.39, 0.29) is 24.6 Å². The molecule has 0 aromatic heterocycles. The summed E-state index contributed by atoms with van der Waals surface area (Å²) in [6.45, 7) is -0.886. The van der Waals surface area contributed by atoms with E-state index in [0.717, 1.165) is 12.1 Å². The Labute approximate surface area is 156 Å². The van der Waals surface area contributed by atoms with Gasteiger partial charge in [0.15, 0.2) is 5.60 Å². The van der Waals surface area contributed by atoms with Crippen molar-refractivity contribution < 1.29 is 31.9 Å². The van der Waals surface area contributed by atoms with E-state index < -0.39 is 36.5 Å². The molecule has 0 saturated carbocycles. The molecular formula is C19H15F5N2O2. The molecule has 2 aromatic rings. The van der Waals surface area contributed by atoms with E-state index >= 15 is 0 Å². The minimum absolute atomic E-state index is 0.0618. The van der Waals surface area contributed by atoms with Crippen molar-refractivity contribution in [2.24, 2.45) is 0 Å². The number of carbonyl (C=O) groups excluding carboxylic acids is 1. The number of nitrogens with zero attached hydrogens (tertiary/aromatic N) is 1. The second kappa shape index (κ2) is 6.25. The summed E-state index contributed by atoms with van der Waals surface area (Å²) >= 11 is 0. The van der Waals surface area contributed by atoms with Gasteiger partial charge in [-0.1, -0.05) is 0 Å². The van der Waals surface area contributed by atoms with Crippen molar-refractivity contribution in [2.75, 3.05) is 13.1 Å². The first-order valence-corrected chi connectivity index (χ1v) is 8.48. The fourth-order valence-corrected chi connectivity index (χ4v) is 3.65. The Balaban J connectivity index is 1.67. The van der Waals surface area contributed by atoms with Crippen molar-refractivity contribution in [1.82, 2.24) is 10.2 Å². The first-order chi connectivity index (χ1) is 13.1. The number of likely N-dealkylation sites (tertiary alicyclic amines) is 1. The zero-order valence-corrected chi connectivity index (χ0v) is 14.4. The Morgan fingerprint density at radius 2 is 1.82 bits per heavy atom. The Bertz CT molecular complexity index is 968. The van der Waals surface area contributed by atoms with Crippen LogP contribution >= 0.6 is 0 Å². The number of hydrogen-bond donors (Lipinski definition) is 2. The van der Waals surface area contributed by atoms with Crippen LogP contribution in [-0.2, 0) is 13.1 Å². The van der Waals surface area contributed by atoms with Gasteiger partial charge in [-0.2, -0.15) is 13.2 Å². The number of aliphatic hydroxyl groups is 1. The zero-order valence-electron chi connectivity index (χ0n) is 14.4. The third-order valence-corrected chi connectivity index (χ3v) is 5.15. The SMILES string of the molecule is O=C1NCc2c(CN3CC(O)(C(F)(F)F)C3)cc(-c3ccc(F)cc3F)cc21. The van der Waals surface area contributed by atoms with Crippen molar-refractivity contribution in [3.63, 3.8) is 0 Å². The van der Waals surface area contributed by atoms with Crippen LogP contribution in [0.4, 0.5) is 22.0 Å². The van der Waals surface area contributed by atoms with Gasteiger partial charge in [0.25, 0.3) is 5.91 Å². The molecule has 1 fully saturated rings. The molecule has 9 heteroatoms. The van der Waals surface area contributed by atoms with Gasteiger partial charge in [0.1, 0.15) is 11.6 Å². The molecule has 2 aromatic carbocycles. The normalized spacial score (nSPS) is 18.6. The van der Waals surface area contributed by atoms with Crippen molar-refractivity contribution in [3.8, 4) is 11.1 Å². The second-order valence-corrected chi connectivity index (χ2v) is 7.14. The summed E-state index contributed by atoms with van der Waals surface area (Å²) in [6, 6.07) is 6.13. The minimum atomic E-state index is -4.72. The fraction of sp³-hybridized carbons (Fsp3) is 0.316. The number of fused-ring (bicyclic) bond motifs is 1. The van der Waals surface area contributed by atoms with Crippen LogP contribution in [0.2, 0.25) is 0 Å². The number of amides is 1. The van der Waals surface area contributed by atoms with E-state index in [9.17, 15) is 31.9 Å². The molecule has 0 radical (unpaired) electrons. The van der Waals surface area contributed by atoms with E-state index in [1.54, 1.807) is 6.07 Å². The molecule has 2 aliphatic heterocycles. The fourth-order valence-electron chi connectivity index (χ4n) is 3.65. The Morgan fingerprint density at radius 3 is 2.46 bits per heavy atom. The molecule has 0 bridgehead atoms.